The zero-order valence-electron chi connectivity index (χ0n) is 9.61. The van der Waals surface area contributed by atoms with Crippen molar-refractivity contribution in [3.8, 4) is 5.75 Å². The molecule has 90 valence electrons. The van der Waals surface area contributed by atoms with Crippen molar-refractivity contribution < 1.29 is 9.84 Å². The van der Waals surface area contributed by atoms with Crippen LogP contribution in [0.25, 0.3) is 0 Å². The Balaban J connectivity index is 2.26. The van der Waals surface area contributed by atoms with Gasteiger partial charge < -0.3 is 15.2 Å². The number of rotatable bonds is 6. The summed E-state index contributed by atoms with van der Waals surface area (Å²) < 4.78 is 6.46. The first-order valence-electron chi connectivity index (χ1n) is 5.37. The minimum absolute atomic E-state index is 0.307. The van der Waals surface area contributed by atoms with Gasteiger partial charge in [-0.2, -0.15) is 0 Å². The average Bonchev–Trinajstić information content (AvgIpc) is 2.25. The molecule has 4 heteroatoms. The number of nitrogens with one attached hydrogen (secondary N) is 1. The number of hydrogen-bond donors (Lipinski definition) is 2. The van der Waals surface area contributed by atoms with Crippen molar-refractivity contribution in [2.45, 2.75) is 26.0 Å². The largest absolute Gasteiger partial charge is 0.491 e. The summed E-state index contributed by atoms with van der Waals surface area (Å²) >= 11 is 3.35. The van der Waals surface area contributed by atoms with Crippen LogP contribution >= 0.6 is 15.9 Å². The van der Waals surface area contributed by atoms with Crippen LogP contribution in [-0.2, 0) is 0 Å². The molecule has 0 aliphatic rings. The molecule has 0 fully saturated rings. The molecule has 0 radical (unpaired) electrons. The van der Waals surface area contributed by atoms with Crippen LogP contribution in [0, 0.1) is 0 Å². The van der Waals surface area contributed by atoms with Crippen molar-refractivity contribution in [3.05, 3.63) is 28.7 Å². The molecule has 16 heavy (non-hydrogen) atoms. The van der Waals surface area contributed by atoms with E-state index in [1.807, 2.05) is 38.1 Å². The standard InChI is InChI=1S/C12H18BrNO2/c1-9(2)14-7-11(15)8-16-12-5-3-10(13)4-6-12/h3-6,9,11,14-15H,7-8H2,1-2H3/t11-/m0/s1. The lowest BCUT2D eigenvalue weighted by Crippen LogP contribution is -2.35. The summed E-state index contributed by atoms with van der Waals surface area (Å²) in [6.45, 7) is 4.94. The summed E-state index contributed by atoms with van der Waals surface area (Å²) in [4.78, 5) is 0. The summed E-state index contributed by atoms with van der Waals surface area (Å²) in [5.74, 6) is 0.770. The Morgan fingerprint density at radius 3 is 2.50 bits per heavy atom. The molecule has 0 aliphatic carbocycles. The normalized spacial score (nSPS) is 12.8. The number of ether oxygens (including phenoxy) is 1. The lowest BCUT2D eigenvalue weighted by Gasteiger charge is -2.14. The van der Waals surface area contributed by atoms with Crippen LogP contribution in [0.3, 0.4) is 0 Å². The lowest BCUT2D eigenvalue weighted by atomic mass is 10.3. The van der Waals surface area contributed by atoms with Crippen LogP contribution in [0.1, 0.15) is 13.8 Å². The number of aliphatic hydroxyl groups excluding tert-OH is 1. The minimum atomic E-state index is -0.481. The van der Waals surface area contributed by atoms with Crippen LogP contribution in [0.5, 0.6) is 5.75 Å². The predicted octanol–water partition coefficient (Wildman–Crippen LogP) is 2.19. The van der Waals surface area contributed by atoms with E-state index in [1.165, 1.54) is 0 Å². The highest BCUT2D eigenvalue weighted by atomic mass is 79.9. The van der Waals surface area contributed by atoms with Crippen molar-refractivity contribution in [2.75, 3.05) is 13.2 Å². The summed E-state index contributed by atoms with van der Waals surface area (Å²) in [7, 11) is 0. The van der Waals surface area contributed by atoms with E-state index >= 15 is 0 Å². The van der Waals surface area contributed by atoms with Crippen LogP contribution < -0.4 is 10.1 Å². The van der Waals surface area contributed by atoms with E-state index in [9.17, 15) is 5.11 Å². The van der Waals surface area contributed by atoms with Crippen molar-refractivity contribution in [1.29, 1.82) is 0 Å². The Morgan fingerprint density at radius 1 is 1.31 bits per heavy atom. The fourth-order valence-corrected chi connectivity index (χ4v) is 1.42. The SMILES string of the molecule is CC(C)NC[C@H](O)COc1ccc(Br)cc1. The van der Waals surface area contributed by atoms with Crippen LogP contribution in [0.2, 0.25) is 0 Å². The van der Waals surface area contributed by atoms with Gasteiger partial charge in [-0.05, 0) is 24.3 Å². The molecular weight excluding hydrogens is 270 g/mol. The van der Waals surface area contributed by atoms with Gasteiger partial charge >= 0.3 is 0 Å². The summed E-state index contributed by atoms with van der Waals surface area (Å²) in [5, 5.41) is 12.8. The molecule has 1 atom stereocenters. The molecule has 0 aromatic heterocycles. The molecule has 1 aromatic carbocycles. The van der Waals surface area contributed by atoms with Crippen LogP contribution in [-0.4, -0.2) is 30.4 Å². The van der Waals surface area contributed by atoms with Gasteiger partial charge in [-0.15, -0.1) is 0 Å². The topological polar surface area (TPSA) is 41.5 Å². The molecule has 0 heterocycles. The van der Waals surface area contributed by atoms with E-state index in [0.29, 0.717) is 19.2 Å². The third-order valence-electron chi connectivity index (χ3n) is 2.02. The third kappa shape index (κ3) is 5.49. The van der Waals surface area contributed by atoms with E-state index in [4.69, 9.17) is 4.74 Å². The Morgan fingerprint density at radius 2 is 1.94 bits per heavy atom. The zero-order valence-corrected chi connectivity index (χ0v) is 11.2. The summed E-state index contributed by atoms with van der Waals surface area (Å²) in [6, 6.07) is 7.93. The molecule has 3 nitrogen and oxygen atoms in total. The van der Waals surface area contributed by atoms with Crippen molar-refractivity contribution in [1.82, 2.24) is 5.32 Å². The molecule has 0 spiro atoms. The minimum Gasteiger partial charge on any atom is -0.491 e. The Bertz CT molecular complexity index is 300. The van der Waals surface area contributed by atoms with Gasteiger partial charge in [0, 0.05) is 17.1 Å². The second kappa shape index (κ2) is 6.89. The highest BCUT2D eigenvalue weighted by molar-refractivity contribution is 9.10. The fraction of sp³-hybridized carbons (Fsp3) is 0.500. The fourth-order valence-electron chi connectivity index (χ4n) is 1.15. The Kier molecular flexibility index (Phi) is 5.80. The van der Waals surface area contributed by atoms with E-state index in [0.717, 1.165) is 10.2 Å². The molecule has 0 aliphatic heterocycles. The van der Waals surface area contributed by atoms with E-state index in [1.54, 1.807) is 0 Å². The van der Waals surface area contributed by atoms with Crippen LogP contribution in [0.15, 0.2) is 28.7 Å². The quantitative estimate of drug-likeness (QED) is 0.843. The molecule has 1 rings (SSSR count). The highest BCUT2D eigenvalue weighted by Crippen LogP contribution is 2.16. The van der Waals surface area contributed by atoms with Crippen molar-refractivity contribution in [2.24, 2.45) is 0 Å². The smallest absolute Gasteiger partial charge is 0.119 e. The number of halogens is 1. The first-order valence-corrected chi connectivity index (χ1v) is 6.17. The molecule has 1 aromatic rings. The second-order valence-electron chi connectivity index (χ2n) is 3.98. The van der Waals surface area contributed by atoms with Gasteiger partial charge in [-0.25, -0.2) is 0 Å². The first kappa shape index (κ1) is 13.5. The summed E-state index contributed by atoms with van der Waals surface area (Å²) in [5.41, 5.74) is 0. The lowest BCUT2D eigenvalue weighted by molar-refractivity contribution is 0.104. The van der Waals surface area contributed by atoms with Gasteiger partial charge in [0.05, 0.1) is 0 Å². The number of benzene rings is 1. The average molecular weight is 288 g/mol. The molecule has 0 bridgehead atoms. The number of hydrogen-bond acceptors (Lipinski definition) is 3. The highest BCUT2D eigenvalue weighted by Gasteiger charge is 2.05. The Labute approximate surface area is 105 Å². The maximum atomic E-state index is 9.62. The third-order valence-corrected chi connectivity index (χ3v) is 2.55. The van der Waals surface area contributed by atoms with Crippen molar-refractivity contribution in [3.63, 3.8) is 0 Å². The molecule has 0 saturated carbocycles. The van der Waals surface area contributed by atoms with Crippen molar-refractivity contribution >= 4 is 15.9 Å². The number of aliphatic hydroxyl groups is 1. The predicted molar refractivity (Wildman–Crippen MR) is 68.8 cm³/mol. The molecular formula is C12H18BrNO2. The van der Waals surface area contributed by atoms with Gasteiger partial charge in [0.1, 0.15) is 18.5 Å². The monoisotopic (exact) mass is 287 g/mol. The van der Waals surface area contributed by atoms with E-state index < -0.39 is 6.10 Å². The maximum absolute atomic E-state index is 9.62. The van der Waals surface area contributed by atoms with Crippen LogP contribution in [0.4, 0.5) is 0 Å². The summed E-state index contributed by atoms with van der Waals surface area (Å²) in [6.07, 6.45) is -0.481. The second-order valence-corrected chi connectivity index (χ2v) is 4.90. The van der Waals surface area contributed by atoms with Gasteiger partial charge in [0.25, 0.3) is 0 Å². The Hall–Kier alpha value is -0.580. The maximum Gasteiger partial charge on any atom is 0.119 e. The molecule has 0 saturated heterocycles. The first-order chi connectivity index (χ1) is 7.58. The zero-order chi connectivity index (χ0) is 12.0. The molecule has 0 unspecified atom stereocenters. The molecule has 2 N–H and O–H groups in total. The van der Waals surface area contributed by atoms with Gasteiger partial charge in [0.15, 0.2) is 0 Å². The van der Waals surface area contributed by atoms with E-state index in [-0.39, 0.29) is 0 Å². The van der Waals surface area contributed by atoms with E-state index in [2.05, 4.69) is 21.2 Å². The van der Waals surface area contributed by atoms with Gasteiger partial charge in [-0.1, -0.05) is 29.8 Å². The molecule has 0 amide bonds. The van der Waals surface area contributed by atoms with Gasteiger partial charge in [-0.3, -0.25) is 0 Å². The van der Waals surface area contributed by atoms with Gasteiger partial charge in [0.2, 0.25) is 0 Å².